The number of carbonyl (C=O) groups is 2. The van der Waals surface area contributed by atoms with E-state index in [9.17, 15) is 9.59 Å². The van der Waals surface area contributed by atoms with Crippen molar-refractivity contribution in [3.63, 3.8) is 0 Å². The lowest BCUT2D eigenvalue weighted by Crippen LogP contribution is -2.49. The summed E-state index contributed by atoms with van der Waals surface area (Å²) < 4.78 is 0. The smallest absolute Gasteiger partial charge is 0.272 e. The molecule has 2 heterocycles. The van der Waals surface area contributed by atoms with E-state index in [0.29, 0.717) is 30.9 Å². The highest BCUT2D eigenvalue weighted by atomic mass is 16.2. The summed E-state index contributed by atoms with van der Waals surface area (Å²) in [6.45, 7) is 4.14. The number of hydrogen-bond acceptors (Lipinski definition) is 5. The highest BCUT2D eigenvalue weighted by Crippen LogP contribution is 2.16. The Morgan fingerprint density at radius 2 is 1.79 bits per heavy atom. The van der Waals surface area contributed by atoms with Crippen LogP contribution in [0.4, 0.5) is 5.69 Å². The van der Waals surface area contributed by atoms with Gasteiger partial charge in [-0.05, 0) is 38.4 Å². The van der Waals surface area contributed by atoms with Crippen molar-refractivity contribution >= 4 is 17.5 Å². The minimum Gasteiger partial charge on any atom is -0.368 e. The number of carbonyl (C=O) groups excluding carboxylic acids is 2. The van der Waals surface area contributed by atoms with Gasteiger partial charge in [-0.3, -0.25) is 14.6 Å². The molecule has 1 aromatic heterocycles. The van der Waals surface area contributed by atoms with Crippen molar-refractivity contribution in [1.82, 2.24) is 20.1 Å². The first-order chi connectivity index (χ1) is 13.5. The maximum atomic E-state index is 12.8. The third-order valence-corrected chi connectivity index (χ3v) is 4.77. The molecule has 0 saturated carbocycles. The van der Waals surface area contributed by atoms with Crippen LogP contribution >= 0.6 is 0 Å². The van der Waals surface area contributed by atoms with Gasteiger partial charge in [0.25, 0.3) is 11.8 Å². The molecule has 0 radical (unpaired) electrons. The van der Waals surface area contributed by atoms with E-state index < -0.39 is 0 Å². The van der Waals surface area contributed by atoms with Crippen LogP contribution < -0.4 is 10.2 Å². The molecule has 0 atom stereocenters. The predicted molar refractivity (Wildman–Crippen MR) is 110 cm³/mol. The standard InChI is InChI=1S/C21H27N5O2/c1-24(2)11-10-23-20(27)17-8-9-22-19(16-17)21(28)26-14-12-25(13-15-26)18-6-4-3-5-7-18/h3-9,16H,10-15H2,1-2H3,(H,23,27). The Bertz CT molecular complexity index is 801. The zero-order valence-electron chi connectivity index (χ0n) is 16.5. The van der Waals surface area contributed by atoms with Gasteiger partial charge in [-0.1, -0.05) is 18.2 Å². The highest BCUT2D eigenvalue weighted by molar-refractivity contribution is 5.98. The molecule has 7 heteroatoms. The van der Waals surface area contributed by atoms with Gasteiger partial charge in [0.15, 0.2) is 0 Å². The van der Waals surface area contributed by atoms with Crippen LogP contribution in [-0.2, 0) is 0 Å². The quantitative estimate of drug-likeness (QED) is 0.818. The second kappa shape index (κ2) is 9.32. The van der Waals surface area contributed by atoms with Crippen molar-refractivity contribution in [3.05, 3.63) is 59.9 Å². The Morgan fingerprint density at radius 1 is 1.07 bits per heavy atom. The van der Waals surface area contributed by atoms with Gasteiger partial charge in [-0.25, -0.2) is 0 Å². The van der Waals surface area contributed by atoms with Crippen LogP contribution in [0.3, 0.4) is 0 Å². The number of pyridine rings is 1. The molecule has 0 bridgehead atoms. The monoisotopic (exact) mass is 381 g/mol. The van der Waals surface area contributed by atoms with Crippen LogP contribution in [0.25, 0.3) is 0 Å². The fourth-order valence-electron chi connectivity index (χ4n) is 3.15. The van der Waals surface area contributed by atoms with E-state index in [1.807, 2.05) is 37.2 Å². The van der Waals surface area contributed by atoms with Gasteiger partial charge in [0.2, 0.25) is 0 Å². The van der Waals surface area contributed by atoms with E-state index >= 15 is 0 Å². The lowest BCUT2D eigenvalue weighted by atomic mass is 10.2. The van der Waals surface area contributed by atoms with E-state index in [4.69, 9.17) is 0 Å². The molecular weight excluding hydrogens is 354 g/mol. The Hall–Kier alpha value is -2.93. The number of nitrogens with zero attached hydrogens (tertiary/aromatic N) is 4. The molecular formula is C21H27N5O2. The van der Waals surface area contributed by atoms with Gasteiger partial charge in [-0.15, -0.1) is 0 Å². The number of aromatic nitrogens is 1. The average molecular weight is 381 g/mol. The van der Waals surface area contributed by atoms with Crippen LogP contribution in [-0.4, -0.2) is 80.0 Å². The van der Waals surface area contributed by atoms with Crippen LogP contribution in [0.5, 0.6) is 0 Å². The Morgan fingerprint density at radius 3 is 2.46 bits per heavy atom. The largest absolute Gasteiger partial charge is 0.368 e. The first-order valence-electron chi connectivity index (χ1n) is 9.53. The van der Waals surface area contributed by atoms with Crippen molar-refractivity contribution in [3.8, 4) is 0 Å². The molecule has 2 amide bonds. The number of rotatable bonds is 6. The molecule has 1 aromatic carbocycles. The molecule has 1 N–H and O–H groups in total. The van der Waals surface area contributed by atoms with Gasteiger partial charge in [0.05, 0.1) is 0 Å². The van der Waals surface area contributed by atoms with Gasteiger partial charge in [0, 0.05) is 56.7 Å². The van der Waals surface area contributed by atoms with Gasteiger partial charge < -0.3 is 20.0 Å². The summed E-state index contributed by atoms with van der Waals surface area (Å²) in [4.78, 5) is 35.4. The first kappa shape index (κ1) is 19.8. The van der Waals surface area contributed by atoms with E-state index in [1.165, 1.54) is 11.9 Å². The summed E-state index contributed by atoms with van der Waals surface area (Å²) in [5.74, 6) is -0.317. The summed E-state index contributed by atoms with van der Waals surface area (Å²) in [6.07, 6.45) is 1.52. The van der Waals surface area contributed by atoms with Crippen LogP contribution in [0.2, 0.25) is 0 Å². The maximum absolute atomic E-state index is 12.8. The molecule has 0 aliphatic carbocycles. The highest BCUT2D eigenvalue weighted by Gasteiger charge is 2.23. The number of anilines is 1. The summed E-state index contributed by atoms with van der Waals surface area (Å²) >= 11 is 0. The van der Waals surface area contributed by atoms with Crippen molar-refractivity contribution in [2.45, 2.75) is 0 Å². The second-order valence-electron chi connectivity index (χ2n) is 7.10. The summed E-state index contributed by atoms with van der Waals surface area (Å²) in [5.41, 5.74) is 1.94. The molecule has 7 nitrogen and oxygen atoms in total. The van der Waals surface area contributed by atoms with Crippen molar-refractivity contribution in [2.24, 2.45) is 0 Å². The Balaban J connectivity index is 1.58. The molecule has 3 rings (SSSR count). The van der Waals surface area contributed by atoms with Crippen LogP contribution in [0.1, 0.15) is 20.8 Å². The van der Waals surface area contributed by atoms with E-state index in [2.05, 4.69) is 27.3 Å². The number of amides is 2. The number of benzene rings is 1. The number of likely N-dealkylation sites (N-methyl/N-ethyl adjacent to an activating group) is 1. The molecule has 28 heavy (non-hydrogen) atoms. The Labute approximate surface area is 166 Å². The molecule has 1 fully saturated rings. The number of nitrogens with one attached hydrogen (secondary N) is 1. The summed E-state index contributed by atoms with van der Waals surface area (Å²) in [7, 11) is 3.90. The molecule has 1 aliphatic heterocycles. The van der Waals surface area contributed by atoms with E-state index in [1.54, 1.807) is 17.0 Å². The van der Waals surface area contributed by atoms with Gasteiger partial charge in [-0.2, -0.15) is 0 Å². The fourth-order valence-corrected chi connectivity index (χ4v) is 3.15. The summed E-state index contributed by atoms with van der Waals surface area (Å²) in [5, 5.41) is 2.86. The van der Waals surface area contributed by atoms with E-state index in [-0.39, 0.29) is 11.8 Å². The minimum atomic E-state index is -0.188. The lowest BCUT2D eigenvalue weighted by Gasteiger charge is -2.36. The molecule has 0 unspecified atom stereocenters. The zero-order chi connectivity index (χ0) is 19.9. The molecule has 0 spiro atoms. The van der Waals surface area contributed by atoms with Gasteiger partial charge in [0.1, 0.15) is 5.69 Å². The van der Waals surface area contributed by atoms with Crippen molar-refractivity contribution in [1.29, 1.82) is 0 Å². The van der Waals surface area contributed by atoms with Crippen LogP contribution in [0, 0.1) is 0 Å². The fraction of sp³-hybridized carbons (Fsp3) is 0.381. The molecule has 148 valence electrons. The topological polar surface area (TPSA) is 68.8 Å². The third-order valence-electron chi connectivity index (χ3n) is 4.77. The van der Waals surface area contributed by atoms with E-state index in [0.717, 1.165) is 19.6 Å². The minimum absolute atomic E-state index is 0.129. The number of hydrogen-bond donors (Lipinski definition) is 1. The number of piperazine rings is 1. The molecule has 1 saturated heterocycles. The third kappa shape index (κ3) is 5.07. The normalized spacial score (nSPS) is 14.2. The average Bonchev–Trinajstić information content (AvgIpc) is 2.74. The SMILES string of the molecule is CN(C)CCNC(=O)c1ccnc(C(=O)N2CCN(c3ccccc3)CC2)c1. The van der Waals surface area contributed by atoms with Gasteiger partial charge >= 0.3 is 0 Å². The maximum Gasteiger partial charge on any atom is 0.272 e. The Kier molecular flexibility index (Phi) is 6.60. The lowest BCUT2D eigenvalue weighted by molar-refractivity contribution is 0.0741. The molecule has 1 aliphatic rings. The summed E-state index contributed by atoms with van der Waals surface area (Å²) in [6, 6.07) is 13.4. The first-order valence-corrected chi connectivity index (χ1v) is 9.53. The number of para-hydroxylation sites is 1. The second-order valence-corrected chi connectivity index (χ2v) is 7.10. The van der Waals surface area contributed by atoms with Crippen molar-refractivity contribution in [2.75, 3.05) is 58.3 Å². The van der Waals surface area contributed by atoms with Crippen molar-refractivity contribution < 1.29 is 9.59 Å². The van der Waals surface area contributed by atoms with Crippen LogP contribution in [0.15, 0.2) is 48.7 Å². The predicted octanol–water partition coefficient (Wildman–Crippen LogP) is 1.34. The molecule has 2 aromatic rings. The zero-order valence-corrected chi connectivity index (χ0v) is 16.5.